The molecule has 5 heteroatoms. The van der Waals surface area contributed by atoms with Crippen molar-refractivity contribution in [2.75, 3.05) is 0 Å². The van der Waals surface area contributed by atoms with Crippen molar-refractivity contribution in [2.45, 2.75) is 18.8 Å². The molecule has 2 rings (SSSR count). The lowest BCUT2D eigenvalue weighted by molar-refractivity contribution is 0.447. The lowest BCUT2D eigenvalue weighted by Crippen LogP contribution is -2.08. The molecule has 0 bridgehead atoms. The highest BCUT2D eigenvalue weighted by Gasteiger charge is 2.26. The van der Waals surface area contributed by atoms with Crippen molar-refractivity contribution in [1.82, 2.24) is 9.97 Å². The number of hydrogen-bond acceptors (Lipinski definition) is 3. The minimum Gasteiger partial charge on any atom is -0.493 e. The van der Waals surface area contributed by atoms with E-state index < -0.39 is 0 Å². The predicted molar refractivity (Wildman–Crippen MR) is 45.7 cm³/mol. The lowest BCUT2D eigenvalue weighted by atomic mass is 10.4. The summed E-state index contributed by atoms with van der Waals surface area (Å²) >= 11 is 0. The van der Waals surface area contributed by atoms with Gasteiger partial charge in [-0.25, -0.2) is 4.98 Å². The largest absolute Gasteiger partial charge is 0.493 e. The molecule has 4 nitrogen and oxygen atoms in total. The van der Waals surface area contributed by atoms with Gasteiger partial charge in [-0.1, -0.05) is 0 Å². The van der Waals surface area contributed by atoms with E-state index in [0.717, 1.165) is 18.9 Å². The molecule has 0 atom stereocenters. The second kappa shape index (κ2) is 3.15. The van der Waals surface area contributed by atoms with Crippen LogP contribution >= 0.6 is 12.4 Å². The second-order valence-electron chi connectivity index (χ2n) is 2.76. The number of aromatic nitrogens is 2. The minimum absolute atomic E-state index is 0. The molecule has 0 saturated heterocycles. The van der Waals surface area contributed by atoms with Crippen molar-refractivity contribution in [2.24, 2.45) is 0 Å². The third-order valence-corrected chi connectivity index (χ3v) is 1.71. The van der Waals surface area contributed by atoms with Gasteiger partial charge in [-0.15, -0.1) is 12.4 Å². The summed E-state index contributed by atoms with van der Waals surface area (Å²) < 4.78 is 0. The predicted octanol–water partition coefficient (Wildman–Crippen LogP) is 0.775. The molecule has 1 aliphatic carbocycles. The van der Waals surface area contributed by atoms with Crippen LogP contribution in [-0.4, -0.2) is 15.1 Å². The zero-order valence-electron chi connectivity index (χ0n) is 6.28. The summed E-state index contributed by atoms with van der Waals surface area (Å²) in [5.74, 6) is 0.806. The van der Waals surface area contributed by atoms with Crippen LogP contribution in [0.15, 0.2) is 10.9 Å². The number of aromatic amines is 1. The molecule has 66 valence electrons. The molecule has 1 saturated carbocycles. The number of hydrogen-bond donors (Lipinski definition) is 2. The van der Waals surface area contributed by atoms with E-state index >= 15 is 0 Å². The topological polar surface area (TPSA) is 66.0 Å². The maximum absolute atomic E-state index is 10.8. The quantitative estimate of drug-likeness (QED) is 0.685. The fourth-order valence-corrected chi connectivity index (χ4v) is 1.01. The third-order valence-electron chi connectivity index (χ3n) is 1.71. The van der Waals surface area contributed by atoms with Crippen LogP contribution in [0.4, 0.5) is 0 Å². The highest BCUT2D eigenvalue weighted by Crippen LogP contribution is 2.37. The molecule has 0 radical (unpaired) electrons. The zero-order chi connectivity index (χ0) is 7.84. The van der Waals surface area contributed by atoms with Crippen LogP contribution < -0.4 is 5.56 Å². The van der Waals surface area contributed by atoms with Gasteiger partial charge >= 0.3 is 0 Å². The van der Waals surface area contributed by atoms with Gasteiger partial charge in [0.05, 0.1) is 6.07 Å². The Balaban J connectivity index is 0.000000720. The molecule has 0 aromatic carbocycles. The van der Waals surface area contributed by atoms with Crippen LogP contribution in [-0.2, 0) is 0 Å². The molecular weight excluding hydrogens is 180 g/mol. The fraction of sp³-hybridized carbons (Fsp3) is 0.429. The molecule has 1 aromatic heterocycles. The van der Waals surface area contributed by atoms with Crippen LogP contribution in [0.25, 0.3) is 0 Å². The Morgan fingerprint density at radius 1 is 1.58 bits per heavy atom. The Morgan fingerprint density at radius 3 is 2.75 bits per heavy atom. The Morgan fingerprint density at radius 2 is 2.25 bits per heavy atom. The first-order chi connectivity index (χ1) is 5.25. The maximum Gasteiger partial charge on any atom is 0.254 e. The van der Waals surface area contributed by atoms with Crippen molar-refractivity contribution >= 4 is 12.4 Å². The van der Waals surface area contributed by atoms with Gasteiger partial charge in [-0.2, -0.15) is 0 Å². The normalized spacial score (nSPS) is 15.3. The van der Waals surface area contributed by atoms with E-state index in [2.05, 4.69) is 9.97 Å². The smallest absolute Gasteiger partial charge is 0.254 e. The van der Waals surface area contributed by atoms with Gasteiger partial charge in [-0.3, -0.25) is 4.79 Å². The number of rotatable bonds is 1. The molecule has 2 N–H and O–H groups in total. The average molecular weight is 189 g/mol. The Kier molecular flexibility index (Phi) is 2.38. The number of halogens is 1. The summed E-state index contributed by atoms with van der Waals surface area (Å²) in [4.78, 5) is 17.2. The first-order valence-electron chi connectivity index (χ1n) is 3.56. The van der Waals surface area contributed by atoms with Crippen molar-refractivity contribution in [3.8, 4) is 5.88 Å². The van der Waals surface area contributed by atoms with E-state index in [-0.39, 0.29) is 23.8 Å². The summed E-state index contributed by atoms with van der Waals surface area (Å²) in [6.45, 7) is 0. The summed E-state index contributed by atoms with van der Waals surface area (Å²) in [6.07, 6.45) is 2.12. The maximum atomic E-state index is 10.8. The first-order valence-corrected chi connectivity index (χ1v) is 3.56. The number of nitrogens with one attached hydrogen (secondary N) is 1. The molecule has 12 heavy (non-hydrogen) atoms. The molecule has 1 aromatic rings. The van der Waals surface area contributed by atoms with E-state index in [0.29, 0.717) is 11.7 Å². The molecule has 0 spiro atoms. The number of nitrogens with zero attached hydrogens (tertiary/aromatic N) is 1. The van der Waals surface area contributed by atoms with Crippen LogP contribution in [0.3, 0.4) is 0 Å². The van der Waals surface area contributed by atoms with Crippen LogP contribution in [0.2, 0.25) is 0 Å². The van der Waals surface area contributed by atoms with Crippen molar-refractivity contribution in [3.63, 3.8) is 0 Å². The lowest BCUT2D eigenvalue weighted by Gasteiger charge is -1.95. The monoisotopic (exact) mass is 188 g/mol. The molecule has 0 aliphatic heterocycles. The van der Waals surface area contributed by atoms with Gasteiger partial charge in [-0.05, 0) is 12.8 Å². The minimum atomic E-state index is -0.278. The Hall–Kier alpha value is -1.03. The molecule has 0 amide bonds. The van der Waals surface area contributed by atoms with E-state index in [1.807, 2.05) is 0 Å². The molecule has 0 unspecified atom stereocenters. The summed E-state index contributed by atoms with van der Waals surface area (Å²) in [7, 11) is 0. The van der Waals surface area contributed by atoms with Crippen molar-refractivity contribution in [3.05, 3.63) is 22.2 Å². The van der Waals surface area contributed by atoms with Gasteiger partial charge < -0.3 is 10.1 Å². The standard InChI is InChI=1S/C7H8N2O2.ClH/c10-5-3-6(11)9-7(8-5)4-1-2-4;/h3-4H,1-2H2,(H2,8,9,10,11);1H. The second-order valence-corrected chi connectivity index (χ2v) is 2.76. The summed E-state index contributed by atoms with van der Waals surface area (Å²) in [5.41, 5.74) is -0.278. The average Bonchev–Trinajstić information content (AvgIpc) is 2.64. The fourth-order valence-electron chi connectivity index (χ4n) is 1.01. The number of aromatic hydroxyl groups is 1. The molecule has 1 heterocycles. The van der Waals surface area contributed by atoms with Gasteiger partial charge in [0.15, 0.2) is 0 Å². The first kappa shape index (κ1) is 9.06. The van der Waals surface area contributed by atoms with Crippen LogP contribution in [0.5, 0.6) is 5.88 Å². The SMILES string of the molecule is Cl.O=c1cc(O)nc(C2CC2)[nH]1. The van der Waals surface area contributed by atoms with Gasteiger partial charge in [0.1, 0.15) is 5.82 Å². The van der Waals surface area contributed by atoms with E-state index in [1.165, 1.54) is 0 Å². The van der Waals surface area contributed by atoms with E-state index in [9.17, 15) is 4.79 Å². The van der Waals surface area contributed by atoms with Crippen molar-refractivity contribution < 1.29 is 5.11 Å². The molecular formula is C7H9ClN2O2. The highest BCUT2D eigenvalue weighted by atomic mass is 35.5. The van der Waals surface area contributed by atoms with E-state index in [4.69, 9.17) is 5.11 Å². The van der Waals surface area contributed by atoms with Crippen molar-refractivity contribution in [1.29, 1.82) is 0 Å². The van der Waals surface area contributed by atoms with Crippen LogP contribution in [0, 0.1) is 0 Å². The Bertz CT molecular complexity index is 332. The van der Waals surface area contributed by atoms with Gasteiger partial charge in [0.25, 0.3) is 5.56 Å². The molecule has 1 aliphatic rings. The summed E-state index contributed by atoms with van der Waals surface area (Å²) in [6, 6.07) is 1.08. The van der Waals surface area contributed by atoms with Gasteiger partial charge in [0, 0.05) is 5.92 Å². The summed E-state index contributed by atoms with van der Waals surface area (Å²) in [5, 5.41) is 8.94. The third kappa shape index (κ3) is 1.76. The van der Waals surface area contributed by atoms with E-state index in [1.54, 1.807) is 0 Å². The van der Waals surface area contributed by atoms with Crippen LogP contribution in [0.1, 0.15) is 24.6 Å². The van der Waals surface area contributed by atoms with Gasteiger partial charge in [0.2, 0.25) is 5.88 Å². The molecule has 1 fully saturated rings. The highest BCUT2D eigenvalue weighted by molar-refractivity contribution is 5.85. The Labute approximate surface area is 75.1 Å². The zero-order valence-corrected chi connectivity index (χ0v) is 7.10. The number of H-pyrrole nitrogens is 1.